The summed E-state index contributed by atoms with van der Waals surface area (Å²) in [4.78, 5) is 14.3. The summed E-state index contributed by atoms with van der Waals surface area (Å²) in [6.45, 7) is 5.18. The highest BCUT2D eigenvalue weighted by Gasteiger charge is 2.09. The van der Waals surface area contributed by atoms with Crippen LogP contribution in [0.3, 0.4) is 0 Å². The summed E-state index contributed by atoms with van der Waals surface area (Å²) in [5, 5.41) is 3.38. The van der Waals surface area contributed by atoms with Gasteiger partial charge in [0.2, 0.25) is 0 Å². The highest BCUT2D eigenvalue weighted by molar-refractivity contribution is 14.0. The van der Waals surface area contributed by atoms with Crippen molar-refractivity contribution in [1.82, 2.24) is 20.2 Å². The molecule has 144 valence electrons. The number of unbranched alkanes of at least 4 members (excludes halogenated alkanes) is 1. The Kier molecular flexibility index (Phi) is 11.0. The molecule has 1 aromatic heterocycles. The number of ether oxygens (including phenoxy) is 1. The van der Waals surface area contributed by atoms with Gasteiger partial charge in [0.25, 0.3) is 0 Å². The third kappa shape index (κ3) is 7.33. The molecule has 0 unspecified atom stereocenters. The largest absolute Gasteiger partial charge is 0.382 e. The highest BCUT2D eigenvalue weighted by atomic mass is 127. The Morgan fingerprint density at radius 2 is 2.04 bits per heavy atom. The van der Waals surface area contributed by atoms with Gasteiger partial charge in [-0.3, -0.25) is 4.99 Å². The third-order valence-electron chi connectivity index (χ3n) is 3.88. The molecule has 0 spiro atoms. The van der Waals surface area contributed by atoms with E-state index in [2.05, 4.69) is 37.3 Å². The fourth-order valence-electron chi connectivity index (χ4n) is 2.57. The minimum Gasteiger partial charge on any atom is -0.382 e. The molecule has 0 atom stereocenters. The summed E-state index contributed by atoms with van der Waals surface area (Å²) in [5.74, 6) is 1.79. The molecule has 1 aromatic carbocycles. The molecular weight excluding hydrogens is 441 g/mol. The Balaban J connectivity index is 0.00000338. The molecule has 2 N–H and O–H groups in total. The van der Waals surface area contributed by atoms with Gasteiger partial charge in [-0.1, -0.05) is 30.3 Å². The van der Waals surface area contributed by atoms with Crippen LogP contribution in [-0.2, 0) is 11.3 Å². The fourth-order valence-corrected chi connectivity index (χ4v) is 2.57. The zero-order valence-corrected chi connectivity index (χ0v) is 18.2. The molecule has 0 radical (unpaired) electrons. The van der Waals surface area contributed by atoms with Crippen LogP contribution in [0.2, 0.25) is 0 Å². The molecule has 7 heteroatoms. The molecule has 2 rings (SSSR count). The second kappa shape index (κ2) is 12.7. The van der Waals surface area contributed by atoms with Gasteiger partial charge in [-0.25, -0.2) is 4.98 Å². The van der Waals surface area contributed by atoms with E-state index in [1.807, 2.05) is 38.4 Å². The van der Waals surface area contributed by atoms with Crippen LogP contribution in [0.15, 0.2) is 41.5 Å². The Morgan fingerprint density at radius 3 is 2.73 bits per heavy atom. The number of halogens is 1. The maximum atomic E-state index is 5.35. The number of aromatic amines is 1. The van der Waals surface area contributed by atoms with Gasteiger partial charge < -0.3 is 19.9 Å². The first-order valence-electron chi connectivity index (χ1n) is 8.83. The number of rotatable bonds is 9. The molecule has 0 saturated heterocycles. The van der Waals surface area contributed by atoms with Gasteiger partial charge in [-0.05, 0) is 25.3 Å². The van der Waals surface area contributed by atoms with Crippen molar-refractivity contribution in [2.24, 2.45) is 4.99 Å². The molecule has 2 aromatic rings. The molecule has 0 amide bonds. The van der Waals surface area contributed by atoms with Crippen molar-refractivity contribution in [3.05, 3.63) is 42.4 Å². The van der Waals surface area contributed by atoms with Crippen molar-refractivity contribution in [3.63, 3.8) is 0 Å². The molecule has 0 aliphatic rings. The predicted molar refractivity (Wildman–Crippen MR) is 118 cm³/mol. The quantitative estimate of drug-likeness (QED) is 0.254. The smallest absolute Gasteiger partial charge is 0.193 e. The van der Waals surface area contributed by atoms with E-state index in [4.69, 9.17) is 4.74 Å². The summed E-state index contributed by atoms with van der Waals surface area (Å²) in [7, 11) is 3.82. The molecule has 0 saturated carbocycles. The monoisotopic (exact) mass is 471 g/mol. The van der Waals surface area contributed by atoms with Crippen LogP contribution in [0.25, 0.3) is 11.3 Å². The molecule has 0 aliphatic heterocycles. The van der Waals surface area contributed by atoms with Gasteiger partial charge in [-0.15, -0.1) is 24.0 Å². The summed E-state index contributed by atoms with van der Waals surface area (Å²) >= 11 is 0. The van der Waals surface area contributed by atoms with Crippen molar-refractivity contribution in [3.8, 4) is 11.3 Å². The molecule has 0 fully saturated rings. The number of nitrogens with zero attached hydrogens (tertiary/aromatic N) is 3. The van der Waals surface area contributed by atoms with Crippen LogP contribution in [0.1, 0.15) is 25.6 Å². The lowest BCUT2D eigenvalue weighted by atomic mass is 10.2. The first kappa shape index (κ1) is 22.4. The Morgan fingerprint density at radius 1 is 1.27 bits per heavy atom. The van der Waals surface area contributed by atoms with E-state index in [0.717, 1.165) is 55.6 Å². The average Bonchev–Trinajstić information content (AvgIpc) is 3.10. The van der Waals surface area contributed by atoms with Gasteiger partial charge in [-0.2, -0.15) is 0 Å². The van der Waals surface area contributed by atoms with Crippen LogP contribution in [0.5, 0.6) is 0 Å². The Bertz CT molecular complexity index is 644. The lowest BCUT2D eigenvalue weighted by Crippen LogP contribution is -2.39. The fraction of sp³-hybridized carbons (Fsp3) is 0.474. The van der Waals surface area contributed by atoms with Crippen molar-refractivity contribution < 1.29 is 4.74 Å². The second-order valence-electron chi connectivity index (χ2n) is 5.84. The number of guanidine groups is 1. The number of imidazole rings is 1. The zero-order chi connectivity index (χ0) is 17.9. The van der Waals surface area contributed by atoms with Crippen LogP contribution < -0.4 is 5.32 Å². The minimum absolute atomic E-state index is 0. The van der Waals surface area contributed by atoms with Crippen molar-refractivity contribution in [2.75, 3.05) is 33.9 Å². The van der Waals surface area contributed by atoms with Crippen LogP contribution in [0, 0.1) is 0 Å². The maximum Gasteiger partial charge on any atom is 0.193 e. The van der Waals surface area contributed by atoms with E-state index in [1.54, 1.807) is 7.05 Å². The number of aliphatic imine (C=N–C) groups is 1. The Hall–Kier alpha value is -1.61. The molecule has 1 heterocycles. The zero-order valence-electron chi connectivity index (χ0n) is 15.9. The van der Waals surface area contributed by atoms with E-state index in [0.29, 0.717) is 6.54 Å². The van der Waals surface area contributed by atoms with E-state index in [-0.39, 0.29) is 24.0 Å². The van der Waals surface area contributed by atoms with E-state index < -0.39 is 0 Å². The van der Waals surface area contributed by atoms with Crippen LogP contribution in [-0.4, -0.2) is 54.7 Å². The summed E-state index contributed by atoms with van der Waals surface area (Å²) in [6, 6.07) is 10.2. The van der Waals surface area contributed by atoms with Crippen molar-refractivity contribution in [2.45, 2.75) is 26.3 Å². The number of aromatic nitrogens is 2. The number of benzene rings is 1. The van der Waals surface area contributed by atoms with Gasteiger partial charge >= 0.3 is 0 Å². The lowest BCUT2D eigenvalue weighted by Gasteiger charge is -2.21. The summed E-state index contributed by atoms with van der Waals surface area (Å²) in [6.07, 6.45) is 3.99. The maximum absolute atomic E-state index is 5.35. The van der Waals surface area contributed by atoms with E-state index in [9.17, 15) is 0 Å². The number of hydrogen-bond acceptors (Lipinski definition) is 3. The molecule has 26 heavy (non-hydrogen) atoms. The van der Waals surface area contributed by atoms with Gasteiger partial charge in [0.05, 0.1) is 18.4 Å². The number of H-pyrrole nitrogens is 1. The standard InChI is InChI=1S/C19H29N5O.HI/c1-4-25-13-9-8-12-21-19(20-2)24(3)15-18-22-14-17(23-18)16-10-6-5-7-11-16;/h5-7,10-11,14H,4,8-9,12-13,15H2,1-3H3,(H,20,21)(H,22,23);1H. The van der Waals surface area contributed by atoms with Gasteiger partial charge in [0, 0.05) is 33.9 Å². The average molecular weight is 471 g/mol. The Labute approximate surface area is 173 Å². The van der Waals surface area contributed by atoms with Crippen LogP contribution >= 0.6 is 24.0 Å². The minimum atomic E-state index is 0. The first-order valence-corrected chi connectivity index (χ1v) is 8.83. The second-order valence-corrected chi connectivity index (χ2v) is 5.84. The number of nitrogens with one attached hydrogen (secondary N) is 2. The van der Waals surface area contributed by atoms with E-state index >= 15 is 0 Å². The molecule has 6 nitrogen and oxygen atoms in total. The molecular formula is C19H30IN5O. The van der Waals surface area contributed by atoms with Gasteiger partial charge in [0.1, 0.15) is 5.82 Å². The number of hydrogen-bond donors (Lipinski definition) is 2. The molecule has 0 aliphatic carbocycles. The van der Waals surface area contributed by atoms with E-state index in [1.165, 1.54) is 0 Å². The summed E-state index contributed by atoms with van der Waals surface area (Å²) in [5.41, 5.74) is 2.17. The molecule has 0 bridgehead atoms. The normalized spacial score (nSPS) is 11.1. The topological polar surface area (TPSA) is 65.5 Å². The third-order valence-corrected chi connectivity index (χ3v) is 3.88. The lowest BCUT2D eigenvalue weighted by molar-refractivity contribution is 0.143. The van der Waals surface area contributed by atoms with Crippen molar-refractivity contribution in [1.29, 1.82) is 0 Å². The highest BCUT2D eigenvalue weighted by Crippen LogP contribution is 2.16. The SMILES string of the molecule is CCOCCCCNC(=NC)N(C)Cc1ncc(-c2ccccc2)[nH]1.I. The summed E-state index contributed by atoms with van der Waals surface area (Å²) < 4.78 is 5.35. The first-order chi connectivity index (χ1) is 12.2. The van der Waals surface area contributed by atoms with Crippen molar-refractivity contribution >= 4 is 29.9 Å². The predicted octanol–water partition coefficient (Wildman–Crippen LogP) is 3.52. The van der Waals surface area contributed by atoms with Gasteiger partial charge in [0.15, 0.2) is 5.96 Å². The van der Waals surface area contributed by atoms with Crippen LogP contribution in [0.4, 0.5) is 0 Å².